The summed E-state index contributed by atoms with van der Waals surface area (Å²) in [5.41, 5.74) is 4.27. The Morgan fingerprint density at radius 1 is 1.23 bits per heavy atom. The molecule has 8 nitrogen and oxygen atoms in total. The molecule has 2 aromatic heterocycles. The summed E-state index contributed by atoms with van der Waals surface area (Å²) in [6.45, 7) is 3.84. The third kappa shape index (κ3) is 3.38. The van der Waals surface area contributed by atoms with Crippen LogP contribution in [0.2, 0.25) is 0 Å². The number of aromatic nitrogens is 2. The molecule has 0 bridgehead atoms. The lowest BCUT2D eigenvalue weighted by molar-refractivity contribution is -0.148. The van der Waals surface area contributed by atoms with Crippen molar-refractivity contribution in [1.29, 1.82) is 0 Å². The normalized spacial score (nSPS) is 22.3. The average Bonchev–Trinajstić information content (AvgIpc) is 3.52. The van der Waals surface area contributed by atoms with Crippen molar-refractivity contribution in [3.63, 3.8) is 0 Å². The summed E-state index contributed by atoms with van der Waals surface area (Å²) < 4.78 is 22.0. The Morgan fingerprint density at radius 3 is 2.74 bits per heavy atom. The Bertz CT molecular complexity index is 1670. The molecule has 1 fully saturated rings. The number of aryl methyl sites for hydroxylation is 1. The van der Waals surface area contributed by atoms with Crippen LogP contribution in [0.1, 0.15) is 90.8 Å². The maximum Gasteiger partial charge on any atom is 0.313 e. The summed E-state index contributed by atoms with van der Waals surface area (Å²) >= 11 is 0. The number of fused-ring (bicyclic) bond motifs is 5. The molecular formula is C30H30FN3O5. The van der Waals surface area contributed by atoms with Crippen LogP contribution in [0.15, 0.2) is 16.9 Å². The molecule has 9 heteroatoms. The van der Waals surface area contributed by atoms with Gasteiger partial charge in [-0.2, -0.15) is 0 Å². The fraction of sp³-hybridized carbons (Fsp3) is 0.467. The van der Waals surface area contributed by atoms with Crippen LogP contribution in [0.4, 0.5) is 4.39 Å². The molecule has 4 heterocycles. The second kappa shape index (κ2) is 8.45. The van der Waals surface area contributed by atoms with Crippen molar-refractivity contribution in [3.05, 3.63) is 61.7 Å². The van der Waals surface area contributed by atoms with E-state index in [0.29, 0.717) is 65.7 Å². The maximum atomic E-state index is 15.0. The second-order valence-electron chi connectivity index (χ2n) is 11.4. The Kier molecular flexibility index (Phi) is 5.30. The van der Waals surface area contributed by atoms with Gasteiger partial charge < -0.3 is 19.7 Å². The fourth-order valence-corrected chi connectivity index (χ4v) is 7.20. The van der Waals surface area contributed by atoms with Gasteiger partial charge in [-0.05, 0) is 80.2 Å². The van der Waals surface area contributed by atoms with Crippen LogP contribution in [0.3, 0.4) is 0 Å². The molecule has 1 saturated carbocycles. The Hall–Kier alpha value is -3.59. The largest absolute Gasteiger partial charge is 0.460 e. The van der Waals surface area contributed by atoms with Gasteiger partial charge in [0.25, 0.3) is 11.5 Å². The lowest BCUT2D eigenvalue weighted by Gasteiger charge is -2.32. The first-order valence-corrected chi connectivity index (χ1v) is 13.8. The highest BCUT2D eigenvalue weighted by Gasteiger charge is 2.42. The minimum Gasteiger partial charge on any atom is -0.460 e. The van der Waals surface area contributed by atoms with E-state index in [1.165, 1.54) is 6.07 Å². The van der Waals surface area contributed by atoms with E-state index in [4.69, 9.17) is 9.72 Å². The number of nitrogens with zero attached hydrogens (tertiary/aromatic N) is 2. The van der Waals surface area contributed by atoms with Crippen LogP contribution in [0, 0.1) is 12.7 Å². The number of carbonyl (C=O) groups excluding carboxylic acids is 2. The molecule has 39 heavy (non-hydrogen) atoms. The van der Waals surface area contributed by atoms with Crippen molar-refractivity contribution in [1.82, 2.24) is 14.9 Å². The molecule has 0 saturated heterocycles. The number of ether oxygens (including phenoxy) is 1. The molecule has 4 aliphatic rings. The van der Waals surface area contributed by atoms with Gasteiger partial charge in [-0.25, -0.2) is 9.37 Å². The van der Waals surface area contributed by atoms with Gasteiger partial charge in [0, 0.05) is 17.0 Å². The SMILES string of the molecule is CC[C@H]1C(=O)OCc2c1cc1n(c2=O)Cc2c-1nc1cc(F)c(C)c3c1c2[C@@H](NC(=O)C1(O)CCCC1)CC3. The van der Waals surface area contributed by atoms with Crippen LogP contribution in [0.25, 0.3) is 22.3 Å². The number of amides is 1. The van der Waals surface area contributed by atoms with Gasteiger partial charge in [0.05, 0.1) is 41.0 Å². The van der Waals surface area contributed by atoms with Crippen LogP contribution in [0.5, 0.6) is 0 Å². The number of aliphatic hydroxyl groups is 1. The van der Waals surface area contributed by atoms with E-state index in [0.717, 1.165) is 34.9 Å². The number of hydrogen-bond donors (Lipinski definition) is 2. The zero-order valence-electron chi connectivity index (χ0n) is 22.0. The first kappa shape index (κ1) is 24.5. The molecule has 0 spiro atoms. The number of nitrogens with one attached hydrogen (secondary N) is 1. The van der Waals surface area contributed by atoms with Gasteiger partial charge in [-0.3, -0.25) is 14.4 Å². The molecule has 0 unspecified atom stereocenters. The van der Waals surface area contributed by atoms with Crippen LogP contribution in [-0.4, -0.2) is 32.1 Å². The second-order valence-corrected chi connectivity index (χ2v) is 11.4. The number of esters is 1. The zero-order valence-corrected chi connectivity index (χ0v) is 22.0. The highest BCUT2D eigenvalue weighted by atomic mass is 19.1. The molecule has 202 valence electrons. The van der Waals surface area contributed by atoms with Crippen molar-refractivity contribution in [2.24, 2.45) is 0 Å². The molecule has 2 N–H and O–H groups in total. The number of cyclic esters (lactones) is 1. The van der Waals surface area contributed by atoms with E-state index in [1.54, 1.807) is 11.5 Å². The van der Waals surface area contributed by atoms with Gasteiger partial charge in [0.1, 0.15) is 18.0 Å². The van der Waals surface area contributed by atoms with Gasteiger partial charge in [0.2, 0.25) is 0 Å². The predicted molar refractivity (Wildman–Crippen MR) is 141 cm³/mol. The van der Waals surface area contributed by atoms with E-state index in [9.17, 15) is 19.5 Å². The molecule has 2 aliphatic heterocycles. The minimum atomic E-state index is -1.38. The van der Waals surface area contributed by atoms with E-state index >= 15 is 4.39 Å². The smallest absolute Gasteiger partial charge is 0.313 e. The number of hydrogen-bond acceptors (Lipinski definition) is 6. The molecule has 3 aromatic rings. The Balaban J connectivity index is 1.44. The summed E-state index contributed by atoms with van der Waals surface area (Å²) in [4.78, 5) is 44.3. The minimum absolute atomic E-state index is 0.0613. The number of halogens is 1. The van der Waals surface area contributed by atoms with Crippen molar-refractivity contribution >= 4 is 22.8 Å². The van der Waals surface area contributed by atoms with Crippen LogP contribution >= 0.6 is 0 Å². The summed E-state index contributed by atoms with van der Waals surface area (Å²) in [6.07, 6.45) is 4.09. The average molecular weight is 532 g/mol. The number of pyridine rings is 2. The Morgan fingerprint density at radius 2 is 2.00 bits per heavy atom. The van der Waals surface area contributed by atoms with Crippen LogP contribution in [-0.2, 0) is 33.9 Å². The first-order valence-electron chi connectivity index (χ1n) is 13.8. The van der Waals surface area contributed by atoms with Crippen molar-refractivity contribution in [3.8, 4) is 11.4 Å². The van der Waals surface area contributed by atoms with Gasteiger partial charge >= 0.3 is 5.97 Å². The summed E-state index contributed by atoms with van der Waals surface area (Å²) in [6, 6.07) is 2.89. The summed E-state index contributed by atoms with van der Waals surface area (Å²) in [5.74, 6) is -1.59. The van der Waals surface area contributed by atoms with Crippen molar-refractivity contribution in [2.75, 3.05) is 0 Å². The lowest BCUT2D eigenvalue weighted by atomic mass is 9.81. The zero-order chi connectivity index (χ0) is 27.2. The number of benzene rings is 1. The topological polar surface area (TPSA) is 111 Å². The molecule has 7 rings (SSSR count). The lowest BCUT2D eigenvalue weighted by Crippen LogP contribution is -2.46. The molecule has 2 aliphatic carbocycles. The predicted octanol–water partition coefficient (Wildman–Crippen LogP) is 3.83. The highest BCUT2D eigenvalue weighted by Crippen LogP contribution is 2.46. The van der Waals surface area contributed by atoms with E-state index in [2.05, 4.69) is 5.32 Å². The van der Waals surface area contributed by atoms with Crippen LogP contribution < -0.4 is 10.9 Å². The molecule has 1 amide bonds. The summed E-state index contributed by atoms with van der Waals surface area (Å²) in [7, 11) is 0. The highest BCUT2D eigenvalue weighted by molar-refractivity contribution is 5.94. The van der Waals surface area contributed by atoms with Gasteiger partial charge in [-0.15, -0.1) is 0 Å². The standard InChI is InChI=1S/C30H30FN3O5/c1-3-15-17-10-23-26-18(12-34(23)27(35)19(17)13-39-28(15)36)25-21(33-29(37)30(38)8-4-5-9-30)7-6-16-14(2)20(31)11-22(32-26)24(16)25/h10-11,15,21,38H,3-9,12-13H2,1-2H3,(H,33,37)/t15-,21+/m1/s1. The first-order chi connectivity index (χ1) is 18.7. The molecule has 2 atom stereocenters. The maximum absolute atomic E-state index is 15.0. The molecule has 0 radical (unpaired) electrons. The third-order valence-electron chi connectivity index (χ3n) is 9.36. The third-order valence-corrected chi connectivity index (χ3v) is 9.36. The van der Waals surface area contributed by atoms with Gasteiger partial charge in [0.15, 0.2) is 0 Å². The van der Waals surface area contributed by atoms with E-state index in [1.807, 2.05) is 13.0 Å². The number of rotatable bonds is 3. The van der Waals surface area contributed by atoms with E-state index < -0.39 is 17.6 Å². The fourth-order valence-electron chi connectivity index (χ4n) is 7.20. The van der Waals surface area contributed by atoms with E-state index in [-0.39, 0.29) is 36.4 Å². The summed E-state index contributed by atoms with van der Waals surface area (Å²) in [5, 5.41) is 14.9. The Labute approximate surface area is 224 Å². The quantitative estimate of drug-likeness (QED) is 0.389. The molecule has 1 aromatic carbocycles. The monoisotopic (exact) mass is 531 g/mol. The van der Waals surface area contributed by atoms with Crippen molar-refractivity contribution in [2.45, 2.75) is 89.5 Å². The van der Waals surface area contributed by atoms with Gasteiger partial charge in [-0.1, -0.05) is 6.92 Å². The number of carbonyl (C=O) groups is 2. The molecular weight excluding hydrogens is 501 g/mol. The van der Waals surface area contributed by atoms with Crippen molar-refractivity contribution < 1.29 is 23.8 Å².